The number of ether oxygens (including phenoxy) is 2. The molecule has 1 N–H and O–H groups in total. The van der Waals surface area contributed by atoms with E-state index >= 15 is 0 Å². The second kappa shape index (κ2) is 5.37. The van der Waals surface area contributed by atoms with Crippen LogP contribution in [0.2, 0.25) is 0 Å². The maximum Gasteiger partial charge on any atom is 0.137 e. The van der Waals surface area contributed by atoms with Gasteiger partial charge in [0.15, 0.2) is 0 Å². The Labute approximate surface area is 98.1 Å². The monoisotopic (exact) mass is 274 g/mol. The lowest BCUT2D eigenvalue weighted by Gasteiger charge is -2.12. The molecule has 0 heterocycles. The van der Waals surface area contributed by atoms with Gasteiger partial charge in [0.2, 0.25) is 0 Å². The number of methoxy groups -OCH3 is 2. The fourth-order valence-electron chi connectivity index (χ4n) is 1.38. The second-order valence-electron chi connectivity index (χ2n) is 3.37. The topological polar surface area (TPSA) is 38.7 Å². The Kier molecular flexibility index (Phi) is 4.42. The molecule has 84 valence electrons. The van der Waals surface area contributed by atoms with E-state index in [2.05, 4.69) is 15.9 Å². The van der Waals surface area contributed by atoms with Crippen molar-refractivity contribution in [3.05, 3.63) is 22.2 Å². The Morgan fingerprint density at radius 1 is 1.27 bits per heavy atom. The van der Waals surface area contributed by atoms with Gasteiger partial charge in [-0.3, -0.25) is 0 Å². The van der Waals surface area contributed by atoms with Crippen LogP contribution >= 0.6 is 15.9 Å². The summed E-state index contributed by atoms with van der Waals surface area (Å²) in [4.78, 5) is 0. The standard InChI is InChI=1S/C11H15BrO3/c1-7(13)4-8-5-9(14-2)11(12)10(6-8)15-3/h5-7,13H,4H2,1-3H3. The van der Waals surface area contributed by atoms with Crippen LogP contribution in [0, 0.1) is 0 Å². The average Bonchev–Trinajstić information content (AvgIpc) is 2.19. The largest absolute Gasteiger partial charge is 0.495 e. The van der Waals surface area contributed by atoms with Crippen LogP contribution in [0.25, 0.3) is 0 Å². The molecule has 0 saturated heterocycles. The Morgan fingerprint density at radius 2 is 1.73 bits per heavy atom. The molecular formula is C11H15BrO3. The number of hydrogen-bond acceptors (Lipinski definition) is 3. The van der Waals surface area contributed by atoms with Gasteiger partial charge in [-0.2, -0.15) is 0 Å². The Bertz CT molecular complexity index is 312. The second-order valence-corrected chi connectivity index (χ2v) is 4.16. The van der Waals surface area contributed by atoms with Gasteiger partial charge in [-0.15, -0.1) is 0 Å². The molecule has 0 aromatic heterocycles. The maximum atomic E-state index is 9.31. The summed E-state index contributed by atoms with van der Waals surface area (Å²) < 4.78 is 11.2. The smallest absolute Gasteiger partial charge is 0.137 e. The van der Waals surface area contributed by atoms with Crippen molar-refractivity contribution in [3.8, 4) is 11.5 Å². The van der Waals surface area contributed by atoms with Crippen LogP contribution in [0.3, 0.4) is 0 Å². The molecule has 1 atom stereocenters. The minimum Gasteiger partial charge on any atom is -0.495 e. The van der Waals surface area contributed by atoms with Gasteiger partial charge < -0.3 is 14.6 Å². The van der Waals surface area contributed by atoms with E-state index < -0.39 is 0 Å². The molecule has 1 unspecified atom stereocenters. The predicted octanol–water partition coefficient (Wildman–Crippen LogP) is 2.39. The Balaban J connectivity index is 3.09. The van der Waals surface area contributed by atoms with Gasteiger partial charge in [0, 0.05) is 0 Å². The van der Waals surface area contributed by atoms with Crippen molar-refractivity contribution in [1.29, 1.82) is 0 Å². The lowest BCUT2D eigenvalue weighted by molar-refractivity contribution is 0.195. The van der Waals surface area contributed by atoms with Gasteiger partial charge in [0.05, 0.1) is 20.3 Å². The number of aliphatic hydroxyl groups excluding tert-OH is 1. The first-order valence-corrected chi connectivity index (χ1v) is 5.46. The lowest BCUT2D eigenvalue weighted by Crippen LogP contribution is -2.05. The van der Waals surface area contributed by atoms with Crippen molar-refractivity contribution in [2.45, 2.75) is 19.4 Å². The third kappa shape index (κ3) is 3.11. The van der Waals surface area contributed by atoms with Crippen LogP contribution in [0.5, 0.6) is 11.5 Å². The molecule has 0 spiro atoms. The summed E-state index contributed by atoms with van der Waals surface area (Å²) in [6.45, 7) is 1.75. The average molecular weight is 275 g/mol. The van der Waals surface area contributed by atoms with Gasteiger partial charge in [0.25, 0.3) is 0 Å². The van der Waals surface area contributed by atoms with Crippen molar-refractivity contribution in [2.75, 3.05) is 14.2 Å². The first-order valence-electron chi connectivity index (χ1n) is 4.67. The van der Waals surface area contributed by atoms with Gasteiger partial charge >= 0.3 is 0 Å². The molecule has 0 fully saturated rings. The fraction of sp³-hybridized carbons (Fsp3) is 0.455. The van der Waals surface area contributed by atoms with Crippen molar-refractivity contribution in [1.82, 2.24) is 0 Å². The highest BCUT2D eigenvalue weighted by molar-refractivity contribution is 9.10. The number of aliphatic hydroxyl groups is 1. The third-order valence-corrected chi connectivity index (χ3v) is 2.82. The van der Waals surface area contributed by atoms with E-state index in [1.807, 2.05) is 12.1 Å². The van der Waals surface area contributed by atoms with Gasteiger partial charge in [0.1, 0.15) is 16.0 Å². The quantitative estimate of drug-likeness (QED) is 0.917. The van der Waals surface area contributed by atoms with Crippen molar-refractivity contribution in [3.63, 3.8) is 0 Å². The normalized spacial score (nSPS) is 12.3. The SMILES string of the molecule is COc1cc(CC(C)O)cc(OC)c1Br. The molecule has 0 amide bonds. The van der Waals surface area contributed by atoms with Crippen LogP contribution < -0.4 is 9.47 Å². The molecule has 15 heavy (non-hydrogen) atoms. The molecule has 1 aromatic rings. The van der Waals surface area contributed by atoms with E-state index in [1.54, 1.807) is 21.1 Å². The molecule has 3 nitrogen and oxygen atoms in total. The van der Waals surface area contributed by atoms with Crippen molar-refractivity contribution in [2.24, 2.45) is 0 Å². The van der Waals surface area contributed by atoms with Gasteiger partial charge in [-0.05, 0) is 47.0 Å². The van der Waals surface area contributed by atoms with E-state index in [4.69, 9.17) is 9.47 Å². The van der Waals surface area contributed by atoms with Gasteiger partial charge in [-0.25, -0.2) is 0 Å². The summed E-state index contributed by atoms with van der Waals surface area (Å²) in [7, 11) is 3.21. The van der Waals surface area contributed by atoms with E-state index in [1.165, 1.54) is 0 Å². The number of rotatable bonds is 4. The minimum atomic E-state index is -0.374. The van der Waals surface area contributed by atoms with E-state index in [9.17, 15) is 5.11 Å². The molecule has 4 heteroatoms. The van der Waals surface area contributed by atoms with E-state index in [0.29, 0.717) is 17.9 Å². The zero-order valence-corrected chi connectivity index (χ0v) is 10.7. The highest BCUT2D eigenvalue weighted by Crippen LogP contribution is 2.35. The van der Waals surface area contributed by atoms with E-state index in [0.717, 1.165) is 10.0 Å². The van der Waals surface area contributed by atoms with E-state index in [-0.39, 0.29) is 6.10 Å². The molecular weight excluding hydrogens is 260 g/mol. The number of benzene rings is 1. The van der Waals surface area contributed by atoms with Crippen LogP contribution in [-0.2, 0) is 6.42 Å². The van der Waals surface area contributed by atoms with Crippen LogP contribution in [0.15, 0.2) is 16.6 Å². The van der Waals surface area contributed by atoms with Crippen LogP contribution in [0.1, 0.15) is 12.5 Å². The summed E-state index contributed by atoms with van der Waals surface area (Å²) in [6, 6.07) is 3.78. The Hall–Kier alpha value is -0.740. The molecule has 0 aliphatic heterocycles. The molecule has 0 saturated carbocycles. The van der Waals surface area contributed by atoms with Crippen molar-refractivity contribution >= 4 is 15.9 Å². The van der Waals surface area contributed by atoms with Crippen molar-refractivity contribution < 1.29 is 14.6 Å². The van der Waals surface area contributed by atoms with Gasteiger partial charge in [-0.1, -0.05) is 0 Å². The summed E-state index contributed by atoms with van der Waals surface area (Å²) in [5.41, 5.74) is 0.988. The first kappa shape index (κ1) is 12.3. The highest BCUT2D eigenvalue weighted by atomic mass is 79.9. The molecule has 1 aromatic carbocycles. The summed E-state index contributed by atoms with van der Waals surface area (Å²) in [6.07, 6.45) is 0.209. The molecule has 0 aliphatic carbocycles. The predicted molar refractivity (Wildman–Crippen MR) is 62.6 cm³/mol. The third-order valence-electron chi connectivity index (χ3n) is 2.04. The molecule has 0 aliphatic rings. The number of hydrogen-bond donors (Lipinski definition) is 1. The zero-order chi connectivity index (χ0) is 11.4. The highest BCUT2D eigenvalue weighted by Gasteiger charge is 2.10. The molecule has 0 radical (unpaired) electrons. The van der Waals surface area contributed by atoms with Crippen LogP contribution in [0.4, 0.5) is 0 Å². The number of halogens is 1. The summed E-state index contributed by atoms with van der Waals surface area (Å²) in [5, 5.41) is 9.31. The maximum absolute atomic E-state index is 9.31. The minimum absolute atomic E-state index is 0.374. The molecule has 1 rings (SSSR count). The Morgan fingerprint density at radius 3 is 2.07 bits per heavy atom. The summed E-state index contributed by atoms with van der Waals surface area (Å²) in [5.74, 6) is 1.43. The lowest BCUT2D eigenvalue weighted by atomic mass is 10.1. The first-order chi connectivity index (χ1) is 7.08. The van der Waals surface area contributed by atoms with Crippen LogP contribution in [-0.4, -0.2) is 25.4 Å². The molecule has 0 bridgehead atoms. The summed E-state index contributed by atoms with van der Waals surface area (Å²) >= 11 is 3.39. The fourth-order valence-corrected chi connectivity index (χ4v) is 1.94. The zero-order valence-electron chi connectivity index (χ0n) is 9.08.